The van der Waals surface area contributed by atoms with E-state index in [0.29, 0.717) is 10.0 Å². The molecule has 1 unspecified atom stereocenters. The number of rotatable bonds is 3. The second-order valence-electron chi connectivity index (χ2n) is 5.22. The summed E-state index contributed by atoms with van der Waals surface area (Å²) in [5, 5.41) is 4.08. The van der Waals surface area contributed by atoms with Gasteiger partial charge in [0.15, 0.2) is 0 Å². The number of carbonyl (C=O) groups is 1. The van der Waals surface area contributed by atoms with Crippen molar-refractivity contribution in [3.05, 3.63) is 33.8 Å². The smallest absolute Gasteiger partial charge is 0.240 e. The summed E-state index contributed by atoms with van der Waals surface area (Å²) in [5.41, 5.74) is 6.26. The minimum atomic E-state index is -0.715. The van der Waals surface area contributed by atoms with E-state index < -0.39 is 5.54 Å². The molecule has 0 saturated heterocycles. The van der Waals surface area contributed by atoms with Crippen molar-refractivity contribution in [2.24, 2.45) is 5.73 Å². The standard InChI is InChI=1S/C14H18Cl2N2O.ClH/c1-9(11-5-4-10(15)8-12(11)16)18-13(19)14(17)6-2-3-7-14;/h4-5,8-9H,2-3,6-7,17H2,1H3,(H,18,19);1H. The van der Waals surface area contributed by atoms with Gasteiger partial charge in [-0.15, -0.1) is 12.4 Å². The van der Waals surface area contributed by atoms with Gasteiger partial charge in [-0.05, 0) is 37.5 Å². The van der Waals surface area contributed by atoms with Crippen LogP contribution >= 0.6 is 35.6 Å². The Morgan fingerprint density at radius 2 is 1.95 bits per heavy atom. The second-order valence-corrected chi connectivity index (χ2v) is 6.07. The van der Waals surface area contributed by atoms with Crippen molar-refractivity contribution in [2.75, 3.05) is 0 Å². The van der Waals surface area contributed by atoms with Gasteiger partial charge in [0.05, 0.1) is 11.6 Å². The summed E-state index contributed by atoms with van der Waals surface area (Å²) in [6.07, 6.45) is 3.53. The van der Waals surface area contributed by atoms with Crippen LogP contribution in [0.15, 0.2) is 18.2 Å². The third-order valence-corrected chi connectivity index (χ3v) is 4.29. The first-order valence-corrected chi connectivity index (χ1v) is 7.23. The van der Waals surface area contributed by atoms with Gasteiger partial charge in [-0.3, -0.25) is 4.79 Å². The minimum absolute atomic E-state index is 0. The molecule has 0 spiro atoms. The maximum Gasteiger partial charge on any atom is 0.240 e. The second kappa shape index (κ2) is 6.99. The number of hydrogen-bond acceptors (Lipinski definition) is 2. The average Bonchev–Trinajstić information content (AvgIpc) is 2.77. The molecule has 1 aliphatic rings. The van der Waals surface area contributed by atoms with Crippen LogP contribution in [0.3, 0.4) is 0 Å². The van der Waals surface area contributed by atoms with Crippen LogP contribution in [0.5, 0.6) is 0 Å². The number of hydrogen-bond donors (Lipinski definition) is 2. The van der Waals surface area contributed by atoms with Gasteiger partial charge in [-0.25, -0.2) is 0 Å². The molecule has 1 saturated carbocycles. The van der Waals surface area contributed by atoms with Crippen molar-refractivity contribution >= 4 is 41.5 Å². The molecule has 0 radical (unpaired) electrons. The number of benzene rings is 1. The highest BCUT2D eigenvalue weighted by atomic mass is 35.5. The number of halogens is 3. The summed E-state index contributed by atoms with van der Waals surface area (Å²) >= 11 is 12.0. The van der Waals surface area contributed by atoms with Gasteiger partial charge in [0.2, 0.25) is 5.91 Å². The van der Waals surface area contributed by atoms with E-state index in [1.54, 1.807) is 12.1 Å². The normalized spacial score (nSPS) is 18.2. The van der Waals surface area contributed by atoms with Gasteiger partial charge in [0.25, 0.3) is 0 Å². The van der Waals surface area contributed by atoms with Crippen LogP contribution in [0.1, 0.15) is 44.2 Å². The fourth-order valence-corrected chi connectivity index (χ4v) is 3.08. The zero-order valence-corrected chi connectivity index (χ0v) is 13.6. The number of nitrogens with one attached hydrogen (secondary N) is 1. The predicted octanol–water partition coefficient (Wildman–Crippen LogP) is 3.86. The first-order chi connectivity index (χ1) is 8.92. The maximum atomic E-state index is 12.2. The highest BCUT2D eigenvalue weighted by Crippen LogP contribution is 2.30. The SMILES string of the molecule is CC(NC(=O)C1(N)CCCC1)c1ccc(Cl)cc1Cl.Cl. The molecular weight excluding hydrogens is 319 g/mol. The molecule has 0 bridgehead atoms. The lowest BCUT2D eigenvalue weighted by Gasteiger charge is -2.25. The van der Waals surface area contributed by atoms with Gasteiger partial charge < -0.3 is 11.1 Å². The van der Waals surface area contributed by atoms with E-state index in [2.05, 4.69) is 5.32 Å². The van der Waals surface area contributed by atoms with Gasteiger partial charge in [-0.2, -0.15) is 0 Å². The van der Waals surface area contributed by atoms with Crippen LogP contribution in [-0.2, 0) is 4.79 Å². The largest absolute Gasteiger partial charge is 0.348 e. The topological polar surface area (TPSA) is 55.1 Å². The molecule has 1 fully saturated rings. The molecule has 1 aromatic carbocycles. The fraction of sp³-hybridized carbons (Fsp3) is 0.500. The number of amides is 1. The minimum Gasteiger partial charge on any atom is -0.348 e. The highest BCUT2D eigenvalue weighted by Gasteiger charge is 2.37. The van der Waals surface area contributed by atoms with E-state index in [-0.39, 0.29) is 24.4 Å². The van der Waals surface area contributed by atoms with Gasteiger partial charge in [0.1, 0.15) is 0 Å². The quantitative estimate of drug-likeness (QED) is 0.880. The van der Waals surface area contributed by atoms with Gasteiger partial charge in [-0.1, -0.05) is 42.1 Å². The average molecular weight is 338 g/mol. The fourth-order valence-electron chi connectivity index (χ4n) is 2.50. The number of nitrogens with two attached hydrogens (primary N) is 1. The van der Waals surface area contributed by atoms with Crippen molar-refractivity contribution in [1.82, 2.24) is 5.32 Å². The Morgan fingerprint density at radius 1 is 1.35 bits per heavy atom. The molecule has 0 heterocycles. The van der Waals surface area contributed by atoms with Gasteiger partial charge >= 0.3 is 0 Å². The van der Waals surface area contributed by atoms with E-state index in [4.69, 9.17) is 28.9 Å². The molecule has 6 heteroatoms. The highest BCUT2D eigenvalue weighted by molar-refractivity contribution is 6.35. The molecule has 3 nitrogen and oxygen atoms in total. The number of carbonyl (C=O) groups excluding carboxylic acids is 1. The van der Waals surface area contributed by atoms with Crippen LogP contribution in [-0.4, -0.2) is 11.4 Å². The van der Waals surface area contributed by atoms with Gasteiger partial charge in [0, 0.05) is 10.0 Å². The van der Waals surface area contributed by atoms with Crippen molar-refractivity contribution < 1.29 is 4.79 Å². The summed E-state index contributed by atoms with van der Waals surface area (Å²) in [5.74, 6) is -0.0940. The molecule has 1 amide bonds. The molecule has 20 heavy (non-hydrogen) atoms. The summed E-state index contributed by atoms with van der Waals surface area (Å²) in [6.45, 7) is 1.89. The first kappa shape index (κ1) is 17.6. The predicted molar refractivity (Wildman–Crippen MR) is 85.7 cm³/mol. The van der Waals surface area contributed by atoms with Crippen LogP contribution in [0, 0.1) is 0 Å². The molecule has 1 aliphatic carbocycles. The van der Waals surface area contributed by atoms with E-state index >= 15 is 0 Å². The van der Waals surface area contributed by atoms with E-state index in [1.165, 1.54) is 0 Å². The Hall–Kier alpha value is -0.480. The maximum absolute atomic E-state index is 12.2. The first-order valence-electron chi connectivity index (χ1n) is 6.47. The molecular formula is C14H19Cl3N2O. The lowest BCUT2D eigenvalue weighted by atomic mass is 9.97. The monoisotopic (exact) mass is 336 g/mol. The Morgan fingerprint density at radius 3 is 2.50 bits per heavy atom. The third-order valence-electron chi connectivity index (χ3n) is 3.72. The molecule has 1 aromatic rings. The molecule has 112 valence electrons. The zero-order chi connectivity index (χ0) is 14.0. The van der Waals surface area contributed by atoms with E-state index in [1.807, 2.05) is 13.0 Å². The Labute approximate surface area is 135 Å². The summed E-state index contributed by atoms with van der Waals surface area (Å²) in [4.78, 5) is 12.2. The molecule has 0 aromatic heterocycles. The molecule has 1 atom stereocenters. The van der Waals surface area contributed by atoms with Crippen molar-refractivity contribution in [3.63, 3.8) is 0 Å². The summed E-state index contributed by atoms with van der Waals surface area (Å²) in [6, 6.07) is 5.08. The third kappa shape index (κ3) is 3.79. The molecule has 2 rings (SSSR count). The van der Waals surface area contributed by atoms with Crippen LogP contribution in [0.4, 0.5) is 0 Å². The van der Waals surface area contributed by atoms with E-state index in [0.717, 1.165) is 31.2 Å². The van der Waals surface area contributed by atoms with E-state index in [9.17, 15) is 4.79 Å². The van der Waals surface area contributed by atoms with Crippen LogP contribution in [0.25, 0.3) is 0 Å². The zero-order valence-electron chi connectivity index (χ0n) is 11.3. The Balaban J connectivity index is 0.00000200. The van der Waals surface area contributed by atoms with Crippen molar-refractivity contribution in [3.8, 4) is 0 Å². The lowest BCUT2D eigenvalue weighted by molar-refractivity contribution is -0.126. The Bertz CT molecular complexity index is 487. The van der Waals surface area contributed by atoms with Crippen molar-refractivity contribution in [1.29, 1.82) is 0 Å². The molecule has 0 aliphatic heterocycles. The molecule has 3 N–H and O–H groups in total. The summed E-state index contributed by atoms with van der Waals surface area (Å²) < 4.78 is 0. The van der Waals surface area contributed by atoms with Crippen molar-refractivity contribution in [2.45, 2.75) is 44.2 Å². The lowest BCUT2D eigenvalue weighted by Crippen LogP contribution is -2.52. The Kier molecular flexibility index (Phi) is 6.14. The summed E-state index contributed by atoms with van der Waals surface area (Å²) in [7, 11) is 0. The van der Waals surface area contributed by atoms with Crippen LogP contribution < -0.4 is 11.1 Å². The van der Waals surface area contributed by atoms with Crippen LogP contribution in [0.2, 0.25) is 10.0 Å².